The molecule has 3 aromatic heterocycles. The van der Waals surface area contributed by atoms with E-state index in [0.717, 1.165) is 16.8 Å². The standard InChI is InChI=1S/C21H20N4O3/c1-5-28-21(27)18-14(4)23-25-17-8-9-24(16-7-6-12(2)10-13(16)3)20(26)15(17)11-22-19(18)25/h6-11H,5H2,1-4H3. The zero-order chi connectivity index (χ0) is 20.0. The predicted molar refractivity (Wildman–Crippen MR) is 106 cm³/mol. The summed E-state index contributed by atoms with van der Waals surface area (Å²) >= 11 is 0. The van der Waals surface area contributed by atoms with Gasteiger partial charge in [-0.25, -0.2) is 14.3 Å². The second-order valence-electron chi connectivity index (χ2n) is 6.75. The van der Waals surface area contributed by atoms with Crippen LogP contribution in [-0.4, -0.2) is 31.7 Å². The first-order valence-electron chi connectivity index (χ1n) is 9.06. The Morgan fingerprint density at radius 3 is 2.68 bits per heavy atom. The Hall–Kier alpha value is -3.48. The average molecular weight is 376 g/mol. The minimum Gasteiger partial charge on any atom is -0.462 e. The van der Waals surface area contributed by atoms with Gasteiger partial charge in [0.05, 0.1) is 28.9 Å². The lowest BCUT2D eigenvalue weighted by Crippen LogP contribution is -2.19. The quantitative estimate of drug-likeness (QED) is 0.513. The van der Waals surface area contributed by atoms with Crippen LogP contribution in [0.1, 0.15) is 34.1 Å². The fraction of sp³-hybridized carbons (Fsp3) is 0.238. The van der Waals surface area contributed by atoms with Gasteiger partial charge in [0.1, 0.15) is 5.56 Å². The van der Waals surface area contributed by atoms with E-state index < -0.39 is 5.97 Å². The van der Waals surface area contributed by atoms with Crippen molar-refractivity contribution in [2.75, 3.05) is 6.61 Å². The second-order valence-corrected chi connectivity index (χ2v) is 6.75. The number of hydrogen-bond acceptors (Lipinski definition) is 5. The molecule has 7 nitrogen and oxygen atoms in total. The number of rotatable bonds is 3. The van der Waals surface area contributed by atoms with Crippen LogP contribution < -0.4 is 5.56 Å². The average Bonchev–Trinajstić information content (AvgIpc) is 2.99. The van der Waals surface area contributed by atoms with Crippen LogP contribution in [0.25, 0.3) is 22.2 Å². The maximum absolute atomic E-state index is 13.1. The zero-order valence-corrected chi connectivity index (χ0v) is 16.2. The molecule has 0 aliphatic carbocycles. The van der Waals surface area contributed by atoms with Crippen LogP contribution in [0.3, 0.4) is 0 Å². The van der Waals surface area contributed by atoms with Gasteiger partial charge in [-0.15, -0.1) is 0 Å². The molecule has 0 bridgehead atoms. The first kappa shape index (κ1) is 17.9. The fourth-order valence-electron chi connectivity index (χ4n) is 3.48. The van der Waals surface area contributed by atoms with E-state index in [1.165, 1.54) is 10.7 Å². The van der Waals surface area contributed by atoms with E-state index in [4.69, 9.17) is 4.74 Å². The summed E-state index contributed by atoms with van der Waals surface area (Å²) in [4.78, 5) is 29.7. The maximum Gasteiger partial charge on any atom is 0.343 e. The molecular weight excluding hydrogens is 356 g/mol. The highest BCUT2D eigenvalue weighted by molar-refractivity contribution is 5.98. The zero-order valence-electron chi connectivity index (χ0n) is 16.2. The minimum absolute atomic E-state index is 0.190. The molecule has 142 valence electrons. The summed E-state index contributed by atoms with van der Waals surface area (Å²) in [6.07, 6.45) is 3.22. The summed E-state index contributed by atoms with van der Waals surface area (Å²) < 4.78 is 8.25. The van der Waals surface area contributed by atoms with Crippen molar-refractivity contribution < 1.29 is 9.53 Å². The molecular formula is C21H20N4O3. The van der Waals surface area contributed by atoms with E-state index in [2.05, 4.69) is 10.1 Å². The van der Waals surface area contributed by atoms with Crippen molar-refractivity contribution in [3.05, 3.63) is 69.4 Å². The summed E-state index contributed by atoms with van der Waals surface area (Å²) in [5.74, 6) is -0.467. The monoisotopic (exact) mass is 376 g/mol. The van der Waals surface area contributed by atoms with Gasteiger partial charge in [-0.1, -0.05) is 17.7 Å². The third-order valence-corrected chi connectivity index (χ3v) is 4.78. The van der Waals surface area contributed by atoms with E-state index >= 15 is 0 Å². The van der Waals surface area contributed by atoms with Crippen LogP contribution in [0.2, 0.25) is 0 Å². The smallest absolute Gasteiger partial charge is 0.343 e. The van der Waals surface area contributed by atoms with Gasteiger partial charge in [-0.05, 0) is 45.4 Å². The van der Waals surface area contributed by atoms with Crippen LogP contribution in [0, 0.1) is 20.8 Å². The van der Waals surface area contributed by atoms with E-state index in [9.17, 15) is 9.59 Å². The second kappa shape index (κ2) is 6.60. The molecule has 0 atom stereocenters. The molecule has 0 fully saturated rings. The van der Waals surface area contributed by atoms with Gasteiger partial charge in [-0.3, -0.25) is 9.36 Å². The molecule has 0 radical (unpaired) electrons. The Bertz CT molecular complexity index is 1300. The molecule has 0 amide bonds. The highest BCUT2D eigenvalue weighted by Crippen LogP contribution is 2.20. The molecule has 0 saturated carbocycles. The van der Waals surface area contributed by atoms with Gasteiger partial charge in [0.2, 0.25) is 0 Å². The highest BCUT2D eigenvalue weighted by atomic mass is 16.5. The number of aryl methyl sites for hydroxylation is 3. The number of ether oxygens (including phenoxy) is 1. The largest absolute Gasteiger partial charge is 0.462 e. The Morgan fingerprint density at radius 2 is 1.96 bits per heavy atom. The number of aromatic nitrogens is 4. The molecule has 4 rings (SSSR count). The third-order valence-electron chi connectivity index (χ3n) is 4.78. The van der Waals surface area contributed by atoms with Gasteiger partial charge in [-0.2, -0.15) is 5.10 Å². The maximum atomic E-state index is 13.1. The first-order chi connectivity index (χ1) is 13.4. The van der Waals surface area contributed by atoms with E-state index in [1.807, 2.05) is 38.1 Å². The number of esters is 1. The van der Waals surface area contributed by atoms with E-state index in [0.29, 0.717) is 27.8 Å². The normalized spacial score (nSPS) is 11.3. The van der Waals surface area contributed by atoms with Gasteiger partial charge < -0.3 is 4.74 Å². The lowest BCUT2D eigenvalue weighted by Gasteiger charge is -2.11. The third kappa shape index (κ3) is 2.67. The Kier molecular flexibility index (Phi) is 4.22. The number of carbonyl (C=O) groups excluding carboxylic acids is 1. The van der Waals surface area contributed by atoms with Crippen LogP contribution in [-0.2, 0) is 4.74 Å². The molecule has 0 saturated heterocycles. The number of fused-ring (bicyclic) bond motifs is 3. The molecule has 28 heavy (non-hydrogen) atoms. The summed E-state index contributed by atoms with van der Waals surface area (Å²) in [6, 6.07) is 7.76. The lowest BCUT2D eigenvalue weighted by molar-refractivity contribution is 0.0527. The Morgan fingerprint density at radius 1 is 1.18 bits per heavy atom. The fourth-order valence-corrected chi connectivity index (χ4v) is 3.48. The molecule has 0 N–H and O–H groups in total. The number of benzene rings is 1. The van der Waals surface area contributed by atoms with Crippen molar-refractivity contribution in [2.45, 2.75) is 27.7 Å². The number of hydrogen-bond donors (Lipinski definition) is 0. The number of nitrogens with zero attached hydrogens (tertiary/aromatic N) is 4. The summed E-state index contributed by atoms with van der Waals surface area (Å²) in [5.41, 5.74) is 4.58. The number of pyridine rings is 1. The summed E-state index contributed by atoms with van der Waals surface area (Å²) in [6.45, 7) is 7.73. The van der Waals surface area contributed by atoms with Crippen molar-refractivity contribution in [1.82, 2.24) is 19.2 Å². The SMILES string of the molecule is CCOC(=O)c1c(C)nn2c1ncc1c(=O)n(-c3ccc(C)cc3C)ccc12. The van der Waals surface area contributed by atoms with Gasteiger partial charge in [0, 0.05) is 12.4 Å². The van der Waals surface area contributed by atoms with Gasteiger partial charge >= 0.3 is 5.97 Å². The Labute approximate surface area is 161 Å². The molecule has 3 heterocycles. The lowest BCUT2D eigenvalue weighted by atomic mass is 10.1. The molecule has 0 aliphatic rings. The molecule has 0 spiro atoms. The van der Waals surface area contributed by atoms with Gasteiger partial charge in [0.15, 0.2) is 5.65 Å². The molecule has 0 aliphatic heterocycles. The van der Waals surface area contributed by atoms with Crippen molar-refractivity contribution in [1.29, 1.82) is 0 Å². The molecule has 4 aromatic rings. The van der Waals surface area contributed by atoms with Gasteiger partial charge in [0.25, 0.3) is 5.56 Å². The van der Waals surface area contributed by atoms with Crippen LogP contribution >= 0.6 is 0 Å². The number of carbonyl (C=O) groups is 1. The van der Waals surface area contributed by atoms with Crippen LogP contribution in [0.15, 0.2) is 41.5 Å². The summed E-state index contributed by atoms with van der Waals surface area (Å²) in [7, 11) is 0. The van der Waals surface area contributed by atoms with Crippen molar-refractivity contribution in [2.24, 2.45) is 0 Å². The Balaban J connectivity index is 1.97. The summed E-state index contributed by atoms with van der Waals surface area (Å²) in [5, 5.41) is 4.85. The van der Waals surface area contributed by atoms with Crippen molar-refractivity contribution in [3.8, 4) is 5.69 Å². The van der Waals surface area contributed by atoms with E-state index in [-0.39, 0.29) is 12.2 Å². The van der Waals surface area contributed by atoms with Crippen molar-refractivity contribution >= 4 is 22.5 Å². The van der Waals surface area contributed by atoms with Crippen LogP contribution in [0.4, 0.5) is 0 Å². The van der Waals surface area contributed by atoms with Crippen LogP contribution in [0.5, 0.6) is 0 Å². The predicted octanol–water partition coefficient (Wildman–Crippen LogP) is 3.14. The minimum atomic E-state index is -0.467. The first-order valence-corrected chi connectivity index (χ1v) is 9.06. The van der Waals surface area contributed by atoms with Crippen molar-refractivity contribution in [3.63, 3.8) is 0 Å². The highest BCUT2D eigenvalue weighted by Gasteiger charge is 2.21. The van der Waals surface area contributed by atoms with E-state index in [1.54, 1.807) is 24.6 Å². The molecule has 1 aromatic carbocycles. The molecule has 0 unspecified atom stereocenters. The topological polar surface area (TPSA) is 78.5 Å². The molecule has 7 heteroatoms.